The fourth-order valence-electron chi connectivity index (χ4n) is 2.64. The van der Waals surface area contributed by atoms with Crippen LogP contribution in [-0.2, 0) is 10.4 Å². The molecule has 5 nitrogen and oxygen atoms in total. The van der Waals surface area contributed by atoms with Crippen LogP contribution in [0.5, 0.6) is 5.75 Å². The largest absolute Gasteiger partial charge is 0.495 e. The maximum Gasteiger partial charge on any atom is 0.223 e. The Balaban J connectivity index is 2.67. The molecular formula is C14H20N2O3. The van der Waals surface area contributed by atoms with Gasteiger partial charge in [0, 0.05) is 25.6 Å². The highest BCUT2D eigenvalue weighted by molar-refractivity contribution is 5.94. The van der Waals surface area contributed by atoms with Gasteiger partial charge in [0.25, 0.3) is 0 Å². The van der Waals surface area contributed by atoms with E-state index in [4.69, 9.17) is 10.5 Å². The number of rotatable bonds is 2. The lowest BCUT2D eigenvalue weighted by Crippen LogP contribution is -2.35. The number of nitrogens with two attached hydrogens (primary N) is 1. The van der Waals surface area contributed by atoms with Crippen molar-refractivity contribution in [2.75, 3.05) is 25.1 Å². The van der Waals surface area contributed by atoms with Crippen molar-refractivity contribution in [1.82, 2.24) is 0 Å². The minimum atomic E-state index is -1.10. The lowest BCUT2D eigenvalue weighted by Gasteiger charge is -2.29. The van der Waals surface area contributed by atoms with Crippen LogP contribution in [0.15, 0.2) is 18.2 Å². The van der Waals surface area contributed by atoms with E-state index in [0.717, 1.165) is 0 Å². The smallest absolute Gasteiger partial charge is 0.223 e. The quantitative estimate of drug-likeness (QED) is 0.835. The number of hydrogen-bond donors (Lipinski definition) is 2. The van der Waals surface area contributed by atoms with Crippen molar-refractivity contribution in [3.63, 3.8) is 0 Å². The maximum atomic E-state index is 11.8. The summed E-state index contributed by atoms with van der Waals surface area (Å²) >= 11 is 0. The van der Waals surface area contributed by atoms with Crippen molar-refractivity contribution in [3.05, 3.63) is 23.8 Å². The van der Waals surface area contributed by atoms with Gasteiger partial charge in [0.05, 0.1) is 12.8 Å². The fraction of sp³-hybridized carbons (Fsp3) is 0.500. The van der Waals surface area contributed by atoms with Crippen LogP contribution < -0.4 is 15.4 Å². The number of ether oxygens (including phenoxy) is 1. The fourth-order valence-corrected chi connectivity index (χ4v) is 2.64. The van der Waals surface area contributed by atoms with Gasteiger partial charge in [-0.2, -0.15) is 0 Å². The average molecular weight is 264 g/mol. The molecule has 0 bridgehead atoms. The number of nitrogens with zero attached hydrogens (tertiary/aromatic N) is 1. The van der Waals surface area contributed by atoms with Gasteiger partial charge in [-0.05, 0) is 18.9 Å². The number of carbonyl (C=O) groups excluding carboxylic acids is 1. The van der Waals surface area contributed by atoms with Crippen molar-refractivity contribution >= 4 is 11.6 Å². The van der Waals surface area contributed by atoms with E-state index in [2.05, 4.69) is 0 Å². The third-order valence-corrected chi connectivity index (χ3v) is 3.68. The number of methoxy groups -OCH3 is 1. The molecule has 1 heterocycles. The predicted molar refractivity (Wildman–Crippen MR) is 73.2 cm³/mol. The van der Waals surface area contributed by atoms with Gasteiger partial charge < -0.3 is 20.5 Å². The highest BCUT2D eigenvalue weighted by Gasteiger charge is 2.36. The molecule has 2 rings (SSSR count). The topological polar surface area (TPSA) is 75.8 Å². The van der Waals surface area contributed by atoms with Crippen molar-refractivity contribution in [3.8, 4) is 5.75 Å². The molecule has 0 fully saturated rings. The van der Waals surface area contributed by atoms with Gasteiger partial charge in [0.2, 0.25) is 5.91 Å². The SMILES string of the molecule is COc1cccc2c1N(C(C)=O)CCCC2(O)CN. The average Bonchev–Trinajstić information content (AvgIpc) is 2.56. The predicted octanol–water partition coefficient (Wildman–Crippen LogP) is 0.988. The molecule has 1 amide bonds. The second-order valence-electron chi connectivity index (χ2n) is 4.87. The summed E-state index contributed by atoms with van der Waals surface area (Å²) in [5.74, 6) is 0.522. The second kappa shape index (κ2) is 5.19. The first kappa shape index (κ1) is 13.8. The molecule has 1 aliphatic heterocycles. The first-order valence-corrected chi connectivity index (χ1v) is 6.41. The summed E-state index contributed by atoms with van der Waals surface area (Å²) in [7, 11) is 1.56. The van der Waals surface area contributed by atoms with Gasteiger partial charge in [-0.25, -0.2) is 0 Å². The van der Waals surface area contributed by atoms with E-state index in [1.54, 1.807) is 18.1 Å². The lowest BCUT2D eigenvalue weighted by molar-refractivity contribution is -0.116. The number of aliphatic hydroxyl groups is 1. The summed E-state index contributed by atoms with van der Waals surface area (Å²) in [6.45, 7) is 2.20. The highest BCUT2D eigenvalue weighted by atomic mass is 16.5. The van der Waals surface area contributed by atoms with Crippen LogP contribution in [0.2, 0.25) is 0 Å². The Labute approximate surface area is 113 Å². The number of para-hydroxylation sites is 1. The molecule has 1 atom stereocenters. The van der Waals surface area contributed by atoms with E-state index in [1.165, 1.54) is 6.92 Å². The van der Waals surface area contributed by atoms with E-state index in [1.807, 2.05) is 12.1 Å². The molecule has 5 heteroatoms. The van der Waals surface area contributed by atoms with Crippen molar-refractivity contribution in [2.45, 2.75) is 25.4 Å². The van der Waals surface area contributed by atoms with Crippen LogP contribution in [0, 0.1) is 0 Å². The highest BCUT2D eigenvalue weighted by Crippen LogP contribution is 2.42. The van der Waals surface area contributed by atoms with Crippen LogP contribution in [0.4, 0.5) is 5.69 Å². The van der Waals surface area contributed by atoms with E-state index in [9.17, 15) is 9.90 Å². The van der Waals surface area contributed by atoms with Gasteiger partial charge in [-0.3, -0.25) is 4.79 Å². The Morgan fingerprint density at radius 2 is 2.32 bits per heavy atom. The van der Waals surface area contributed by atoms with Crippen LogP contribution >= 0.6 is 0 Å². The summed E-state index contributed by atoms with van der Waals surface area (Å²) in [5, 5.41) is 10.7. The molecule has 0 saturated carbocycles. The van der Waals surface area contributed by atoms with Crippen LogP contribution in [0.25, 0.3) is 0 Å². The Morgan fingerprint density at radius 1 is 1.58 bits per heavy atom. The van der Waals surface area contributed by atoms with Gasteiger partial charge in [-0.1, -0.05) is 12.1 Å². The molecule has 104 valence electrons. The molecule has 19 heavy (non-hydrogen) atoms. The van der Waals surface area contributed by atoms with Crippen LogP contribution in [-0.4, -0.2) is 31.2 Å². The Hall–Kier alpha value is -1.59. The maximum absolute atomic E-state index is 11.8. The normalized spacial score (nSPS) is 22.6. The monoisotopic (exact) mass is 264 g/mol. The minimum absolute atomic E-state index is 0.0629. The van der Waals surface area contributed by atoms with Crippen molar-refractivity contribution < 1.29 is 14.6 Å². The summed E-state index contributed by atoms with van der Waals surface area (Å²) in [6, 6.07) is 5.41. The van der Waals surface area contributed by atoms with E-state index in [0.29, 0.717) is 36.4 Å². The summed E-state index contributed by atoms with van der Waals surface area (Å²) < 4.78 is 5.34. The van der Waals surface area contributed by atoms with Crippen molar-refractivity contribution in [1.29, 1.82) is 0 Å². The summed E-state index contributed by atoms with van der Waals surface area (Å²) in [6.07, 6.45) is 1.23. The van der Waals surface area contributed by atoms with E-state index in [-0.39, 0.29) is 12.5 Å². The van der Waals surface area contributed by atoms with Crippen LogP contribution in [0.3, 0.4) is 0 Å². The van der Waals surface area contributed by atoms with E-state index < -0.39 is 5.60 Å². The molecule has 0 saturated heterocycles. The second-order valence-corrected chi connectivity index (χ2v) is 4.87. The van der Waals surface area contributed by atoms with Gasteiger partial charge >= 0.3 is 0 Å². The first-order chi connectivity index (χ1) is 9.03. The molecule has 0 radical (unpaired) electrons. The molecule has 1 aromatic rings. The van der Waals surface area contributed by atoms with Gasteiger partial charge in [-0.15, -0.1) is 0 Å². The molecule has 0 aromatic heterocycles. The molecular weight excluding hydrogens is 244 g/mol. The zero-order chi connectivity index (χ0) is 14.0. The zero-order valence-electron chi connectivity index (χ0n) is 11.3. The van der Waals surface area contributed by atoms with Crippen LogP contribution in [0.1, 0.15) is 25.3 Å². The molecule has 1 aliphatic rings. The summed E-state index contributed by atoms with van der Waals surface area (Å²) in [5.41, 5.74) is 5.95. The number of anilines is 1. The zero-order valence-corrected chi connectivity index (χ0v) is 11.3. The standard InChI is InChI=1S/C14H20N2O3/c1-10(17)16-8-4-7-14(18,9-15)11-5-3-6-12(19-2)13(11)16/h3,5-6,18H,4,7-9,15H2,1-2H3. The van der Waals surface area contributed by atoms with Gasteiger partial charge in [0.1, 0.15) is 11.4 Å². The molecule has 0 spiro atoms. The minimum Gasteiger partial charge on any atom is -0.495 e. The molecule has 1 aromatic carbocycles. The Morgan fingerprint density at radius 3 is 2.89 bits per heavy atom. The van der Waals surface area contributed by atoms with Gasteiger partial charge in [0.15, 0.2) is 0 Å². The third-order valence-electron chi connectivity index (χ3n) is 3.68. The number of amides is 1. The Kier molecular flexibility index (Phi) is 3.78. The number of fused-ring (bicyclic) bond motifs is 1. The number of benzene rings is 1. The summed E-state index contributed by atoms with van der Waals surface area (Å²) in [4.78, 5) is 13.5. The first-order valence-electron chi connectivity index (χ1n) is 6.41. The molecule has 0 aliphatic carbocycles. The molecule has 1 unspecified atom stereocenters. The van der Waals surface area contributed by atoms with Crippen molar-refractivity contribution in [2.24, 2.45) is 5.73 Å². The molecule has 3 N–H and O–H groups in total. The third kappa shape index (κ3) is 2.31. The number of hydrogen-bond acceptors (Lipinski definition) is 4. The van der Waals surface area contributed by atoms with E-state index >= 15 is 0 Å². The Bertz CT molecular complexity index is 490. The number of carbonyl (C=O) groups is 1. The lowest BCUT2D eigenvalue weighted by atomic mass is 9.89.